The lowest BCUT2D eigenvalue weighted by Gasteiger charge is -2.32. The standard InChI is InChI=1S/C26H34N2O2/c1-19-7-6-16-28(18-19)23-14-12-21(13-15-23)17-27-26(29)20(2)30-25-11-5-9-22-8-3-4-10-24(22)25/h5,9,11-15,19-20H,3-4,6-8,10,16-18H2,1-2H3,(H,27,29). The Hall–Kier alpha value is -2.49. The summed E-state index contributed by atoms with van der Waals surface area (Å²) in [6.07, 6.45) is 6.67. The summed E-state index contributed by atoms with van der Waals surface area (Å²) in [6, 6.07) is 14.8. The van der Waals surface area contributed by atoms with E-state index in [2.05, 4.69) is 47.5 Å². The number of piperidine rings is 1. The molecule has 1 aliphatic carbocycles. The maximum Gasteiger partial charge on any atom is 0.261 e. The number of carbonyl (C=O) groups is 1. The molecule has 1 fully saturated rings. The van der Waals surface area contributed by atoms with Crippen molar-refractivity contribution in [1.82, 2.24) is 5.32 Å². The molecule has 2 atom stereocenters. The molecule has 1 aliphatic heterocycles. The summed E-state index contributed by atoms with van der Waals surface area (Å²) in [5.41, 5.74) is 5.05. The predicted molar refractivity (Wildman–Crippen MR) is 122 cm³/mol. The summed E-state index contributed by atoms with van der Waals surface area (Å²) >= 11 is 0. The number of benzene rings is 2. The number of hydrogen-bond donors (Lipinski definition) is 1. The number of aryl methyl sites for hydroxylation is 1. The number of ether oxygens (including phenoxy) is 1. The molecule has 0 aromatic heterocycles. The molecule has 2 aliphatic rings. The van der Waals surface area contributed by atoms with Crippen LogP contribution in [0.5, 0.6) is 5.75 Å². The van der Waals surface area contributed by atoms with Crippen molar-refractivity contribution in [3.8, 4) is 5.75 Å². The van der Waals surface area contributed by atoms with Crippen LogP contribution in [0.1, 0.15) is 56.2 Å². The van der Waals surface area contributed by atoms with Gasteiger partial charge in [0.05, 0.1) is 0 Å². The maximum absolute atomic E-state index is 12.6. The van der Waals surface area contributed by atoms with Crippen molar-refractivity contribution >= 4 is 11.6 Å². The highest BCUT2D eigenvalue weighted by Gasteiger charge is 2.20. The third-order valence-corrected chi connectivity index (χ3v) is 6.45. The molecule has 0 radical (unpaired) electrons. The minimum absolute atomic E-state index is 0.0719. The third-order valence-electron chi connectivity index (χ3n) is 6.45. The molecule has 0 bridgehead atoms. The minimum Gasteiger partial charge on any atom is -0.481 e. The number of nitrogens with one attached hydrogen (secondary N) is 1. The van der Waals surface area contributed by atoms with Crippen LogP contribution < -0.4 is 15.0 Å². The van der Waals surface area contributed by atoms with Crippen LogP contribution in [0.2, 0.25) is 0 Å². The van der Waals surface area contributed by atoms with Crippen LogP contribution in [0.25, 0.3) is 0 Å². The van der Waals surface area contributed by atoms with E-state index in [-0.39, 0.29) is 5.91 Å². The number of nitrogens with zero attached hydrogens (tertiary/aromatic N) is 1. The van der Waals surface area contributed by atoms with Gasteiger partial charge in [0.1, 0.15) is 5.75 Å². The molecule has 30 heavy (non-hydrogen) atoms. The van der Waals surface area contributed by atoms with E-state index in [1.165, 1.54) is 42.5 Å². The number of hydrogen-bond acceptors (Lipinski definition) is 3. The molecule has 1 heterocycles. The topological polar surface area (TPSA) is 41.6 Å². The maximum atomic E-state index is 12.6. The van der Waals surface area contributed by atoms with E-state index < -0.39 is 6.10 Å². The first-order chi connectivity index (χ1) is 14.6. The fraction of sp³-hybridized carbons (Fsp3) is 0.500. The zero-order valence-corrected chi connectivity index (χ0v) is 18.3. The first-order valence-corrected chi connectivity index (χ1v) is 11.5. The van der Waals surface area contributed by atoms with Gasteiger partial charge in [-0.25, -0.2) is 0 Å². The molecular formula is C26H34N2O2. The molecule has 4 heteroatoms. The quantitative estimate of drug-likeness (QED) is 0.743. The Morgan fingerprint density at radius 2 is 1.93 bits per heavy atom. The van der Waals surface area contributed by atoms with Gasteiger partial charge in [-0.05, 0) is 86.3 Å². The Bertz CT molecular complexity index is 862. The second-order valence-corrected chi connectivity index (χ2v) is 8.94. The number of carbonyl (C=O) groups excluding carboxylic acids is 1. The van der Waals surface area contributed by atoms with Gasteiger partial charge in [-0.15, -0.1) is 0 Å². The number of rotatable bonds is 6. The van der Waals surface area contributed by atoms with Gasteiger partial charge in [0.2, 0.25) is 0 Å². The second-order valence-electron chi connectivity index (χ2n) is 8.94. The van der Waals surface area contributed by atoms with Gasteiger partial charge < -0.3 is 15.0 Å². The van der Waals surface area contributed by atoms with Gasteiger partial charge in [-0.1, -0.05) is 31.2 Å². The van der Waals surface area contributed by atoms with Gasteiger partial charge in [0, 0.05) is 25.3 Å². The van der Waals surface area contributed by atoms with E-state index in [4.69, 9.17) is 4.74 Å². The van der Waals surface area contributed by atoms with Crippen molar-refractivity contribution in [2.24, 2.45) is 5.92 Å². The zero-order valence-electron chi connectivity index (χ0n) is 18.3. The van der Waals surface area contributed by atoms with Crippen molar-refractivity contribution in [3.05, 3.63) is 59.2 Å². The van der Waals surface area contributed by atoms with Gasteiger partial charge in [0.15, 0.2) is 6.10 Å². The number of anilines is 1. The van der Waals surface area contributed by atoms with Crippen molar-refractivity contribution in [2.75, 3.05) is 18.0 Å². The molecule has 1 amide bonds. The highest BCUT2D eigenvalue weighted by atomic mass is 16.5. The van der Waals surface area contributed by atoms with E-state index >= 15 is 0 Å². The average molecular weight is 407 g/mol. The Kier molecular flexibility index (Phi) is 6.61. The van der Waals surface area contributed by atoms with Crippen LogP contribution in [0, 0.1) is 5.92 Å². The fourth-order valence-electron chi connectivity index (χ4n) is 4.68. The zero-order chi connectivity index (χ0) is 20.9. The van der Waals surface area contributed by atoms with Crippen molar-refractivity contribution < 1.29 is 9.53 Å². The van der Waals surface area contributed by atoms with Crippen molar-refractivity contribution in [3.63, 3.8) is 0 Å². The van der Waals surface area contributed by atoms with E-state index in [1.807, 2.05) is 19.1 Å². The molecule has 4 rings (SSSR count). The molecule has 1 saturated heterocycles. The normalized spacial score (nSPS) is 19.7. The largest absolute Gasteiger partial charge is 0.481 e. The summed E-state index contributed by atoms with van der Waals surface area (Å²) in [4.78, 5) is 15.1. The van der Waals surface area contributed by atoms with Crippen LogP contribution >= 0.6 is 0 Å². The van der Waals surface area contributed by atoms with Gasteiger partial charge in [-0.3, -0.25) is 4.79 Å². The van der Waals surface area contributed by atoms with Crippen LogP contribution in [0.4, 0.5) is 5.69 Å². The van der Waals surface area contributed by atoms with Crippen LogP contribution in [0.15, 0.2) is 42.5 Å². The number of fused-ring (bicyclic) bond motifs is 1. The molecule has 4 nitrogen and oxygen atoms in total. The Labute approximate surface area is 180 Å². The Balaban J connectivity index is 1.30. The smallest absolute Gasteiger partial charge is 0.261 e. The molecule has 2 aromatic rings. The summed E-state index contributed by atoms with van der Waals surface area (Å²) < 4.78 is 6.05. The lowest BCUT2D eigenvalue weighted by molar-refractivity contribution is -0.127. The Morgan fingerprint density at radius 1 is 1.13 bits per heavy atom. The predicted octanol–water partition coefficient (Wildman–Crippen LogP) is 4.89. The molecule has 2 aromatic carbocycles. The molecule has 2 unspecified atom stereocenters. The summed E-state index contributed by atoms with van der Waals surface area (Å²) in [5, 5.41) is 3.03. The molecule has 0 saturated carbocycles. The highest BCUT2D eigenvalue weighted by molar-refractivity contribution is 5.80. The van der Waals surface area contributed by atoms with Gasteiger partial charge >= 0.3 is 0 Å². The van der Waals surface area contributed by atoms with Crippen molar-refractivity contribution in [1.29, 1.82) is 0 Å². The molecule has 160 valence electrons. The lowest BCUT2D eigenvalue weighted by Crippen LogP contribution is -2.36. The van der Waals surface area contributed by atoms with Crippen molar-refractivity contribution in [2.45, 2.75) is 65.0 Å². The van der Waals surface area contributed by atoms with E-state index in [9.17, 15) is 4.79 Å². The number of amides is 1. The molecular weight excluding hydrogens is 372 g/mol. The van der Waals surface area contributed by atoms with Crippen LogP contribution in [-0.4, -0.2) is 25.1 Å². The fourth-order valence-corrected chi connectivity index (χ4v) is 4.68. The summed E-state index contributed by atoms with van der Waals surface area (Å²) in [5.74, 6) is 1.56. The van der Waals surface area contributed by atoms with E-state index in [0.717, 1.165) is 43.2 Å². The minimum atomic E-state index is -0.507. The van der Waals surface area contributed by atoms with Gasteiger partial charge in [-0.2, -0.15) is 0 Å². The lowest BCUT2D eigenvalue weighted by atomic mass is 9.91. The highest BCUT2D eigenvalue weighted by Crippen LogP contribution is 2.30. The summed E-state index contributed by atoms with van der Waals surface area (Å²) in [6.45, 7) is 6.95. The van der Waals surface area contributed by atoms with Crippen LogP contribution in [0.3, 0.4) is 0 Å². The summed E-state index contributed by atoms with van der Waals surface area (Å²) in [7, 11) is 0. The van der Waals surface area contributed by atoms with E-state index in [0.29, 0.717) is 6.54 Å². The molecule has 0 spiro atoms. The average Bonchev–Trinajstić information content (AvgIpc) is 2.78. The first kappa shape index (κ1) is 20.8. The monoisotopic (exact) mass is 406 g/mol. The SMILES string of the molecule is CC1CCCN(c2ccc(CNC(=O)C(C)Oc3cccc4c3CCCC4)cc2)C1. The second kappa shape index (κ2) is 9.55. The van der Waals surface area contributed by atoms with E-state index in [1.54, 1.807) is 0 Å². The Morgan fingerprint density at radius 3 is 2.73 bits per heavy atom. The molecule has 1 N–H and O–H groups in total. The van der Waals surface area contributed by atoms with Gasteiger partial charge in [0.25, 0.3) is 5.91 Å². The third kappa shape index (κ3) is 4.97. The van der Waals surface area contributed by atoms with Crippen LogP contribution in [-0.2, 0) is 24.2 Å². The first-order valence-electron chi connectivity index (χ1n) is 11.5.